The quantitative estimate of drug-likeness (QED) is 0.402. The summed E-state index contributed by atoms with van der Waals surface area (Å²) in [4.78, 5) is 4.44. The summed E-state index contributed by atoms with van der Waals surface area (Å²) >= 11 is 0. The lowest BCUT2D eigenvalue weighted by Gasteiger charge is -2.11. The SMILES string of the molecule is NOC1CCC[CH+]O1. The molecule has 0 radical (unpaired) electrons. The maximum Gasteiger partial charge on any atom is 0.231 e. The molecule has 0 amide bonds. The van der Waals surface area contributed by atoms with E-state index >= 15 is 0 Å². The zero-order valence-corrected chi connectivity index (χ0v) is 4.67. The maximum atomic E-state index is 4.95. The van der Waals surface area contributed by atoms with Crippen LogP contribution in [0.5, 0.6) is 0 Å². The van der Waals surface area contributed by atoms with Crippen LogP contribution in [0.25, 0.3) is 0 Å². The summed E-state index contributed by atoms with van der Waals surface area (Å²) in [6.45, 7) is 1.74. The maximum absolute atomic E-state index is 4.95. The summed E-state index contributed by atoms with van der Waals surface area (Å²) in [5, 5.41) is 0. The van der Waals surface area contributed by atoms with Gasteiger partial charge in [0, 0.05) is 6.42 Å². The van der Waals surface area contributed by atoms with Crippen molar-refractivity contribution in [2.24, 2.45) is 5.90 Å². The molecule has 0 aromatic rings. The Hall–Kier alpha value is -0.250. The Morgan fingerprint density at radius 3 is 3.00 bits per heavy atom. The van der Waals surface area contributed by atoms with Crippen LogP contribution >= 0.6 is 0 Å². The van der Waals surface area contributed by atoms with E-state index in [-0.39, 0.29) is 6.29 Å². The van der Waals surface area contributed by atoms with Crippen LogP contribution in [0.1, 0.15) is 19.3 Å². The minimum atomic E-state index is -0.191. The molecule has 46 valence electrons. The Morgan fingerprint density at radius 2 is 2.62 bits per heavy atom. The molecule has 0 spiro atoms. The second-order valence-corrected chi connectivity index (χ2v) is 1.80. The van der Waals surface area contributed by atoms with Crippen LogP contribution in [0.15, 0.2) is 0 Å². The van der Waals surface area contributed by atoms with Gasteiger partial charge in [-0.05, 0) is 6.42 Å². The second-order valence-electron chi connectivity index (χ2n) is 1.80. The molecular weight excluding hydrogens is 106 g/mol. The smallest absolute Gasteiger partial charge is 0.231 e. The van der Waals surface area contributed by atoms with Crippen molar-refractivity contribution in [1.29, 1.82) is 0 Å². The van der Waals surface area contributed by atoms with E-state index in [1.165, 1.54) is 0 Å². The summed E-state index contributed by atoms with van der Waals surface area (Å²) in [7, 11) is 0. The van der Waals surface area contributed by atoms with Crippen molar-refractivity contribution in [3.8, 4) is 0 Å². The number of rotatable bonds is 1. The molecule has 1 aliphatic rings. The first-order valence-corrected chi connectivity index (χ1v) is 2.76. The van der Waals surface area contributed by atoms with Crippen molar-refractivity contribution in [1.82, 2.24) is 0 Å². The Morgan fingerprint density at radius 1 is 1.75 bits per heavy atom. The predicted octanol–water partition coefficient (Wildman–Crippen LogP) is 0.565. The van der Waals surface area contributed by atoms with Gasteiger partial charge in [0.2, 0.25) is 12.9 Å². The monoisotopic (exact) mass is 116 g/mol. The molecule has 0 aromatic carbocycles. The van der Waals surface area contributed by atoms with Gasteiger partial charge in [0.05, 0.1) is 0 Å². The topological polar surface area (TPSA) is 44.5 Å². The van der Waals surface area contributed by atoms with E-state index < -0.39 is 0 Å². The van der Waals surface area contributed by atoms with Crippen LogP contribution < -0.4 is 5.90 Å². The van der Waals surface area contributed by atoms with Crippen molar-refractivity contribution in [3.63, 3.8) is 0 Å². The zero-order chi connectivity index (χ0) is 5.82. The summed E-state index contributed by atoms with van der Waals surface area (Å²) in [6, 6.07) is 0. The van der Waals surface area contributed by atoms with Crippen LogP contribution in [-0.4, -0.2) is 6.29 Å². The fraction of sp³-hybridized carbons (Fsp3) is 0.800. The van der Waals surface area contributed by atoms with E-state index in [0.29, 0.717) is 0 Å². The van der Waals surface area contributed by atoms with Crippen molar-refractivity contribution in [2.45, 2.75) is 25.6 Å². The Balaban J connectivity index is 2.13. The summed E-state index contributed by atoms with van der Waals surface area (Å²) in [6.07, 6.45) is 2.85. The first-order valence-electron chi connectivity index (χ1n) is 2.76. The normalized spacial score (nSPS) is 29.4. The molecule has 1 heterocycles. The van der Waals surface area contributed by atoms with E-state index in [2.05, 4.69) is 4.84 Å². The third kappa shape index (κ3) is 1.36. The lowest BCUT2D eigenvalue weighted by Crippen LogP contribution is -2.22. The number of nitrogens with two attached hydrogens (primary N) is 1. The lowest BCUT2D eigenvalue weighted by molar-refractivity contribution is -0.142. The van der Waals surface area contributed by atoms with E-state index in [1.54, 1.807) is 6.61 Å². The van der Waals surface area contributed by atoms with E-state index in [1.807, 2.05) is 0 Å². The first-order chi connectivity index (χ1) is 3.93. The molecule has 0 saturated carbocycles. The fourth-order valence-corrected chi connectivity index (χ4v) is 0.711. The van der Waals surface area contributed by atoms with Crippen LogP contribution in [-0.2, 0) is 9.57 Å². The Bertz CT molecular complexity index is 61.4. The highest BCUT2D eigenvalue weighted by molar-refractivity contribution is 4.60. The van der Waals surface area contributed by atoms with Gasteiger partial charge in [0.15, 0.2) is 0 Å². The van der Waals surface area contributed by atoms with Crippen molar-refractivity contribution in [2.75, 3.05) is 0 Å². The standard InChI is InChI=1S/C5H10NO2/c6-8-5-3-1-2-4-7-5/h4-5H,1-3,6H2/q+1. The van der Waals surface area contributed by atoms with Gasteiger partial charge >= 0.3 is 0 Å². The molecule has 1 rings (SSSR count). The Labute approximate surface area is 48.7 Å². The third-order valence-corrected chi connectivity index (χ3v) is 1.16. The molecule has 8 heavy (non-hydrogen) atoms. The zero-order valence-electron chi connectivity index (χ0n) is 4.67. The largest absolute Gasteiger partial charge is 0.268 e. The summed E-state index contributed by atoms with van der Waals surface area (Å²) < 4.78 is 4.95. The van der Waals surface area contributed by atoms with Gasteiger partial charge in [0.25, 0.3) is 0 Å². The van der Waals surface area contributed by atoms with Gasteiger partial charge in [-0.25, -0.2) is 5.90 Å². The highest BCUT2D eigenvalue weighted by Crippen LogP contribution is 2.14. The van der Waals surface area contributed by atoms with Gasteiger partial charge in [0.1, 0.15) is 6.42 Å². The minimum Gasteiger partial charge on any atom is -0.268 e. The molecule has 0 bridgehead atoms. The van der Waals surface area contributed by atoms with Crippen LogP contribution in [0, 0.1) is 6.61 Å². The molecule has 3 nitrogen and oxygen atoms in total. The Kier molecular flexibility index (Phi) is 2.14. The van der Waals surface area contributed by atoms with Crippen LogP contribution in [0.2, 0.25) is 0 Å². The van der Waals surface area contributed by atoms with E-state index in [4.69, 9.17) is 10.6 Å². The molecule has 2 N–H and O–H groups in total. The average Bonchev–Trinajstić information content (AvgIpc) is 1.90. The van der Waals surface area contributed by atoms with Gasteiger partial charge < -0.3 is 0 Å². The van der Waals surface area contributed by atoms with Crippen LogP contribution in [0.3, 0.4) is 0 Å². The summed E-state index contributed by atoms with van der Waals surface area (Å²) in [5.41, 5.74) is 0. The van der Waals surface area contributed by atoms with Gasteiger partial charge in [-0.2, -0.15) is 4.74 Å². The van der Waals surface area contributed by atoms with Gasteiger partial charge in [-0.15, -0.1) is 0 Å². The highest BCUT2D eigenvalue weighted by atomic mass is 16.7. The molecular formula is C5H10NO2+. The molecule has 0 aliphatic carbocycles. The van der Waals surface area contributed by atoms with Crippen LogP contribution in [0.4, 0.5) is 0 Å². The fourth-order valence-electron chi connectivity index (χ4n) is 0.711. The number of hydrogen-bond donors (Lipinski definition) is 1. The number of hydrogen-bond acceptors (Lipinski definition) is 3. The lowest BCUT2D eigenvalue weighted by atomic mass is 10.2. The summed E-state index contributed by atoms with van der Waals surface area (Å²) in [5.74, 6) is 4.86. The minimum absolute atomic E-state index is 0.191. The van der Waals surface area contributed by atoms with E-state index in [0.717, 1.165) is 19.3 Å². The predicted molar refractivity (Wildman–Crippen MR) is 28.3 cm³/mol. The molecule has 3 heteroatoms. The second kappa shape index (κ2) is 2.91. The molecule has 1 fully saturated rings. The van der Waals surface area contributed by atoms with Gasteiger partial charge in [-0.1, -0.05) is 0 Å². The van der Waals surface area contributed by atoms with Gasteiger partial charge in [-0.3, -0.25) is 4.84 Å². The highest BCUT2D eigenvalue weighted by Gasteiger charge is 2.19. The average molecular weight is 116 g/mol. The molecule has 1 saturated heterocycles. The van der Waals surface area contributed by atoms with Crippen molar-refractivity contribution in [3.05, 3.63) is 6.61 Å². The molecule has 0 aromatic heterocycles. The first kappa shape index (κ1) is 5.88. The molecule has 1 unspecified atom stereocenters. The van der Waals surface area contributed by atoms with Crippen molar-refractivity contribution >= 4 is 0 Å². The number of ether oxygens (including phenoxy) is 1. The van der Waals surface area contributed by atoms with Crippen molar-refractivity contribution < 1.29 is 9.57 Å². The molecule has 1 aliphatic heterocycles. The molecule has 1 atom stereocenters. The third-order valence-electron chi connectivity index (χ3n) is 1.16. The van der Waals surface area contributed by atoms with E-state index in [9.17, 15) is 0 Å².